The number of aromatic nitrogens is 3. The lowest BCUT2D eigenvalue weighted by molar-refractivity contribution is -0.138. The van der Waals surface area contributed by atoms with Crippen LogP contribution >= 0.6 is 22.7 Å². The molecule has 2 heterocycles. The Bertz CT molecular complexity index is 546. The molecule has 0 saturated carbocycles. The van der Waals surface area contributed by atoms with Crippen molar-refractivity contribution in [2.75, 3.05) is 5.32 Å². The van der Waals surface area contributed by atoms with Crippen LogP contribution in [0.5, 0.6) is 0 Å². The predicted molar refractivity (Wildman–Crippen MR) is 63.8 cm³/mol. The largest absolute Gasteiger partial charge is 0.445 e. The van der Waals surface area contributed by atoms with Crippen molar-refractivity contribution in [2.24, 2.45) is 0 Å². The zero-order valence-electron chi connectivity index (χ0n) is 9.50. The van der Waals surface area contributed by atoms with Gasteiger partial charge in [0.1, 0.15) is 0 Å². The van der Waals surface area contributed by atoms with Crippen molar-refractivity contribution in [3.05, 3.63) is 20.6 Å². The standard InChI is InChI=1S/C9H9F3N4S2/c1-4-6(17-5(2)14-4)3-13-8-16-15-7(18-8)9(10,11)12/h3H2,1-2H3,(H,13,16). The van der Waals surface area contributed by atoms with E-state index >= 15 is 0 Å². The monoisotopic (exact) mass is 294 g/mol. The number of rotatable bonds is 3. The summed E-state index contributed by atoms with van der Waals surface area (Å²) in [5.74, 6) is 0. The molecular weight excluding hydrogens is 285 g/mol. The van der Waals surface area contributed by atoms with Crippen LogP contribution in [0, 0.1) is 13.8 Å². The molecule has 9 heteroatoms. The molecular formula is C9H9F3N4S2. The molecule has 0 spiro atoms. The molecule has 0 radical (unpaired) electrons. The minimum atomic E-state index is -4.44. The third-order valence-electron chi connectivity index (χ3n) is 2.07. The van der Waals surface area contributed by atoms with E-state index in [1.807, 2.05) is 13.8 Å². The molecule has 0 aliphatic rings. The summed E-state index contributed by atoms with van der Waals surface area (Å²) in [7, 11) is 0. The van der Waals surface area contributed by atoms with Gasteiger partial charge in [-0.05, 0) is 13.8 Å². The fourth-order valence-corrected chi connectivity index (χ4v) is 2.79. The van der Waals surface area contributed by atoms with Gasteiger partial charge in [0.15, 0.2) is 0 Å². The molecule has 98 valence electrons. The predicted octanol–water partition coefficient (Wildman–Crippen LogP) is 3.24. The Balaban J connectivity index is 2.03. The molecule has 0 bridgehead atoms. The average molecular weight is 294 g/mol. The van der Waals surface area contributed by atoms with Crippen LogP contribution in [0.25, 0.3) is 0 Å². The highest BCUT2D eigenvalue weighted by Gasteiger charge is 2.35. The fourth-order valence-electron chi connectivity index (χ4n) is 1.30. The fraction of sp³-hybridized carbons (Fsp3) is 0.444. The van der Waals surface area contributed by atoms with E-state index in [0.29, 0.717) is 17.9 Å². The molecule has 0 aliphatic heterocycles. The summed E-state index contributed by atoms with van der Waals surface area (Å²) in [6.45, 7) is 4.15. The molecule has 4 nitrogen and oxygen atoms in total. The third kappa shape index (κ3) is 2.96. The van der Waals surface area contributed by atoms with Crippen molar-refractivity contribution < 1.29 is 13.2 Å². The van der Waals surface area contributed by atoms with Crippen molar-refractivity contribution in [2.45, 2.75) is 26.6 Å². The molecule has 2 rings (SSSR count). The first-order chi connectivity index (χ1) is 8.36. The van der Waals surface area contributed by atoms with E-state index in [4.69, 9.17) is 0 Å². The Hall–Kier alpha value is -1.22. The van der Waals surface area contributed by atoms with Crippen LogP contribution in [-0.4, -0.2) is 15.2 Å². The number of nitrogens with one attached hydrogen (secondary N) is 1. The van der Waals surface area contributed by atoms with Gasteiger partial charge in [0, 0.05) is 4.88 Å². The number of thiazole rings is 1. The van der Waals surface area contributed by atoms with E-state index in [-0.39, 0.29) is 5.13 Å². The molecule has 0 aliphatic carbocycles. The molecule has 0 amide bonds. The summed E-state index contributed by atoms with van der Waals surface area (Å²) < 4.78 is 36.9. The Morgan fingerprint density at radius 1 is 1.17 bits per heavy atom. The van der Waals surface area contributed by atoms with Crippen LogP contribution in [0.15, 0.2) is 0 Å². The minimum Gasteiger partial charge on any atom is -0.355 e. The summed E-state index contributed by atoms with van der Waals surface area (Å²) in [6.07, 6.45) is -4.44. The van der Waals surface area contributed by atoms with Gasteiger partial charge >= 0.3 is 6.18 Å². The average Bonchev–Trinajstić information content (AvgIpc) is 2.81. The van der Waals surface area contributed by atoms with Gasteiger partial charge in [-0.1, -0.05) is 11.3 Å². The highest BCUT2D eigenvalue weighted by molar-refractivity contribution is 7.15. The SMILES string of the molecule is Cc1nc(C)c(CNc2nnc(C(F)(F)F)s2)s1. The molecule has 1 N–H and O–H groups in total. The maximum Gasteiger partial charge on any atom is 0.445 e. The molecule has 0 atom stereocenters. The Labute approximate surface area is 109 Å². The normalized spacial score (nSPS) is 11.8. The molecule has 0 fully saturated rings. The lowest BCUT2D eigenvalue weighted by Gasteiger charge is -2.00. The second kappa shape index (κ2) is 4.81. The number of hydrogen-bond acceptors (Lipinski definition) is 6. The van der Waals surface area contributed by atoms with E-state index in [2.05, 4.69) is 20.5 Å². The van der Waals surface area contributed by atoms with E-state index in [9.17, 15) is 13.2 Å². The van der Waals surface area contributed by atoms with Crippen molar-refractivity contribution >= 4 is 27.8 Å². The Morgan fingerprint density at radius 2 is 1.89 bits per heavy atom. The van der Waals surface area contributed by atoms with Crippen LogP contribution in [0.3, 0.4) is 0 Å². The number of anilines is 1. The third-order valence-corrected chi connectivity index (χ3v) is 4.07. The van der Waals surface area contributed by atoms with Crippen LogP contribution in [0.1, 0.15) is 20.6 Å². The first kappa shape index (κ1) is 13.2. The second-order valence-electron chi connectivity index (χ2n) is 3.51. The van der Waals surface area contributed by atoms with Gasteiger partial charge in [-0.3, -0.25) is 0 Å². The van der Waals surface area contributed by atoms with E-state index in [1.54, 1.807) is 0 Å². The van der Waals surface area contributed by atoms with Crippen molar-refractivity contribution in [1.29, 1.82) is 0 Å². The lowest BCUT2D eigenvalue weighted by atomic mass is 10.4. The Morgan fingerprint density at radius 3 is 2.39 bits per heavy atom. The molecule has 18 heavy (non-hydrogen) atoms. The zero-order valence-corrected chi connectivity index (χ0v) is 11.1. The first-order valence-corrected chi connectivity index (χ1v) is 6.57. The summed E-state index contributed by atoms with van der Waals surface area (Å²) in [6, 6.07) is 0. The van der Waals surface area contributed by atoms with E-state index in [0.717, 1.165) is 15.6 Å². The van der Waals surface area contributed by atoms with Crippen LogP contribution in [0.4, 0.5) is 18.3 Å². The minimum absolute atomic E-state index is 0.160. The van der Waals surface area contributed by atoms with E-state index in [1.165, 1.54) is 11.3 Å². The van der Waals surface area contributed by atoms with Gasteiger partial charge in [-0.2, -0.15) is 13.2 Å². The number of hydrogen-bond donors (Lipinski definition) is 1. The van der Waals surface area contributed by atoms with Crippen LogP contribution in [-0.2, 0) is 12.7 Å². The van der Waals surface area contributed by atoms with Gasteiger partial charge in [-0.25, -0.2) is 4.98 Å². The smallest absolute Gasteiger partial charge is 0.355 e. The van der Waals surface area contributed by atoms with Gasteiger partial charge in [0.05, 0.1) is 17.2 Å². The first-order valence-electron chi connectivity index (χ1n) is 4.93. The number of alkyl halides is 3. The Kier molecular flexibility index (Phi) is 3.53. The summed E-state index contributed by atoms with van der Waals surface area (Å²) in [4.78, 5) is 5.22. The number of halogens is 3. The van der Waals surface area contributed by atoms with Gasteiger partial charge in [0.25, 0.3) is 0 Å². The summed E-state index contributed by atoms with van der Waals surface area (Å²) in [5.41, 5.74) is 0.880. The molecule has 0 unspecified atom stereocenters. The van der Waals surface area contributed by atoms with Crippen molar-refractivity contribution in [1.82, 2.24) is 15.2 Å². The van der Waals surface area contributed by atoms with Crippen molar-refractivity contribution in [3.8, 4) is 0 Å². The van der Waals surface area contributed by atoms with Crippen LogP contribution in [0.2, 0.25) is 0 Å². The highest BCUT2D eigenvalue weighted by atomic mass is 32.1. The zero-order chi connectivity index (χ0) is 13.3. The highest BCUT2D eigenvalue weighted by Crippen LogP contribution is 2.33. The summed E-state index contributed by atoms with van der Waals surface area (Å²) >= 11 is 2.00. The lowest BCUT2D eigenvalue weighted by Crippen LogP contribution is -2.03. The molecule has 2 aromatic heterocycles. The molecule has 2 aromatic rings. The maximum atomic E-state index is 12.3. The maximum absolute atomic E-state index is 12.3. The molecule has 0 aromatic carbocycles. The second-order valence-corrected chi connectivity index (χ2v) is 5.77. The van der Waals surface area contributed by atoms with Gasteiger partial charge < -0.3 is 5.32 Å². The topological polar surface area (TPSA) is 50.7 Å². The number of nitrogens with zero attached hydrogens (tertiary/aromatic N) is 3. The van der Waals surface area contributed by atoms with Gasteiger partial charge in [-0.15, -0.1) is 21.5 Å². The molecule has 0 saturated heterocycles. The van der Waals surface area contributed by atoms with Crippen LogP contribution < -0.4 is 5.32 Å². The quantitative estimate of drug-likeness (QED) is 0.944. The summed E-state index contributed by atoms with van der Waals surface area (Å²) in [5, 5.41) is 9.52. The van der Waals surface area contributed by atoms with Crippen molar-refractivity contribution in [3.63, 3.8) is 0 Å². The van der Waals surface area contributed by atoms with Gasteiger partial charge in [0.2, 0.25) is 10.1 Å². The number of aryl methyl sites for hydroxylation is 2. The van der Waals surface area contributed by atoms with E-state index < -0.39 is 11.2 Å².